The van der Waals surface area contributed by atoms with Crippen molar-refractivity contribution in [2.75, 3.05) is 25.0 Å². The second kappa shape index (κ2) is 9.17. The third kappa shape index (κ3) is 4.91. The van der Waals surface area contributed by atoms with Gasteiger partial charge in [-0.3, -0.25) is 9.69 Å². The number of nitrogens with one attached hydrogen (secondary N) is 1. The van der Waals surface area contributed by atoms with Gasteiger partial charge in [-0.2, -0.15) is 4.98 Å². The Kier molecular flexibility index (Phi) is 6.18. The van der Waals surface area contributed by atoms with Crippen molar-refractivity contribution in [1.29, 1.82) is 0 Å². The maximum absolute atomic E-state index is 13.5. The van der Waals surface area contributed by atoms with Crippen LogP contribution in [-0.4, -0.2) is 40.6 Å². The van der Waals surface area contributed by atoms with E-state index in [4.69, 9.17) is 4.52 Å². The maximum Gasteiger partial charge on any atom is 0.238 e. The van der Waals surface area contributed by atoms with Gasteiger partial charge in [0.05, 0.1) is 12.5 Å². The number of nitrogens with zero attached hydrogens (tertiary/aromatic N) is 3. The zero-order valence-electron chi connectivity index (χ0n) is 17.0. The first-order valence-corrected chi connectivity index (χ1v) is 10.3. The van der Waals surface area contributed by atoms with E-state index in [-0.39, 0.29) is 17.6 Å². The summed E-state index contributed by atoms with van der Waals surface area (Å²) in [4.78, 5) is 19.0. The summed E-state index contributed by atoms with van der Waals surface area (Å²) in [6, 6.07) is 14.1. The molecule has 7 heteroatoms. The Bertz CT molecular complexity index is 1000. The number of hydrogen-bond donors (Lipinski definition) is 1. The lowest BCUT2D eigenvalue weighted by atomic mass is 9.98. The van der Waals surface area contributed by atoms with Crippen LogP contribution in [0.4, 0.5) is 10.1 Å². The highest BCUT2D eigenvalue weighted by atomic mass is 19.1. The Morgan fingerprint density at radius 1 is 1.27 bits per heavy atom. The number of carbonyl (C=O) groups excluding carboxylic acids is 1. The largest absolute Gasteiger partial charge is 0.339 e. The molecular formula is C23H25FN4O2. The molecule has 1 atom stereocenters. The Labute approximate surface area is 175 Å². The number of anilines is 1. The molecule has 1 aliphatic rings. The molecule has 4 rings (SSSR count). The minimum absolute atomic E-state index is 0.0362. The molecule has 1 fully saturated rings. The molecular weight excluding hydrogens is 383 g/mol. The molecule has 1 aliphatic heterocycles. The highest BCUT2D eigenvalue weighted by molar-refractivity contribution is 5.92. The molecule has 0 saturated carbocycles. The van der Waals surface area contributed by atoms with Crippen LogP contribution in [0.5, 0.6) is 0 Å². The van der Waals surface area contributed by atoms with Gasteiger partial charge in [-0.1, -0.05) is 36.3 Å². The average molecular weight is 408 g/mol. The molecule has 0 spiro atoms. The van der Waals surface area contributed by atoms with Crippen molar-refractivity contribution in [2.45, 2.75) is 32.1 Å². The molecule has 2 heterocycles. The number of rotatable bonds is 6. The SMILES string of the molecule is CCc1ccc(NC(=O)CN2CCCC(c3nc(-c4cccc(F)c4)no3)C2)cc1. The summed E-state index contributed by atoms with van der Waals surface area (Å²) in [5.74, 6) is 0.610. The first kappa shape index (κ1) is 20.2. The van der Waals surface area contributed by atoms with E-state index in [1.54, 1.807) is 12.1 Å². The summed E-state index contributed by atoms with van der Waals surface area (Å²) in [5.41, 5.74) is 2.64. The van der Waals surface area contributed by atoms with Gasteiger partial charge in [-0.05, 0) is 55.6 Å². The van der Waals surface area contributed by atoms with Crippen LogP contribution in [0.1, 0.15) is 37.1 Å². The minimum Gasteiger partial charge on any atom is -0.339 e. The fraction of sp³-hybridized carbons (Fsp3) is 0.348. The van der Waals surface area contributed by atoms with Crippen LogP contribution in [0.3, 0.4) is 0 Å². The van der Waals surface area contributed by atoms with Gasteiger partial charge >= 0.3 is 0 Å². The van der Waals surface area contributed by atoms with Gasteiger partial charge < -0.3 is 9.84 Å². The predicted octanol–water partition coefficient (Wildman–Crippen LogP) is 4.26. The topological polar surface area (TPSA) is 71.3 Å². The number of amides is 1. The van der Waals surface area contributed by atoms with Gasteiger partial charge in [-0.25, -0.2) is 4.39 Å². The Morgan fingerprint density at radius 3 is 2.87 bits per heavy atom. The van der Waals surface area contributed by atoms with Gasteiger partial charge in [0.2, 0.25) is 17.6 Å². The monoisotopic (exact) mass is 408 g/mol. The molecule has 1 aromatic heterocycles. The van der Waals surface area contributed by atoms with Crippen molar-refractivity contribution in [2.24, 2.45) is 0 Å². The van der Waals surface area contributed by atoms with Crippen LogP contribution < -0.4 is 5.32 Å². The lowest BCUT2D eigenvalue weighted by molar-refractivity contribution is -0.117. The van der Waals surface area contributed by atoms with Crippen LogP contribution in [0, 0.1) is 5.82 Å². The summed E-state index contributed by atoms with van der Waals surface area (Å²) in [5, 5.41) is 6.97. The van der Waals surface area contributed by atoms with Gasteiger partial charge in [0.1, 0.15) is 5.82 Å². The first-order chi connectivity index (χ1) is 14.6. The van der Waals surface area contributed by atoms with Crippen LogP contribution in [0.25, 0.3) is 11.4 Å². The second-order valence-electron chi connectivity index (χ2n) is 7.64. The van der Waals surface area contributed by atoms with Gasteiger partial charge in [-0.15, -0.1) is 0 Å². The standard InChI is InChI=1S/C23H25FN4O2/c1-2-16-8-10-20(11-9-16)25-21(29)15-28-12-4-6-18(14-28)23-26-22(27-30-23)17-5-3-7-19(24)13-17/h3,5,7-11,13,18H,2,4,6,12,14-15H2,1H3,(H,25,29). The average Bonchev–Trinajstić information content (AvgIpc) is 3.25. The number of likely N-dealkylation sites (tertiary alicyclic amines) is 1. The fourth-order valence-electron chi connectivity index (χ4n) is 3.77. The number of benzene rings is 2. The minimum atomic E-state index is -0.335. The summed E-state index contributed by atoms with van der Waals surface area (Å²) in [6.45, 7) is 3.94. The molecule has 1 amide bonds. The zero-order valence-corrected chi connectivity index (χ0v) is 17.0. The van der Waals surface area contributed by atoms with Crippen molar-refractivity contribution in [3.8, 4) is 11.4 Å². The Balaban J connectivity index is 1.35. The van der Waals surface area contributed by atoms with Crippen LogP contribution in [0.2, 0.25) is 0 Å². The smallest absolute Gasteiger partial charge is 0.238 e. The van der Waals surface area contributed by atoms with E-state index >= 15 is 0 Å². The van der Waals surface area contributed by atoms with Crippen LogP contribution in [-0.2, 0) is 11.2 Å². The van der Waals surface area contributed by atoms with Crippen molar-refractivity contribution in [1.82, 2.24) is 15.0 Å². The van der Waals surface area contributed by atoms with Crippen molar-refractivity contribution >= 4 is 11.6 Å². The Morgan fingerprint density at radius 2 is 2.10 bits per heavy atom. The fourth-order valence-corrected chi connectivity index (χ4v) is 3.77. The van der Waals surface area contributed by atoms with E-state index in [0.29, 0.717) is 30.4 Å². The summed E-state index contributed by atoms with van der Waals surface area (Å²) < 4.78 is 18.9. The van der Waals surface area contributed by atoms with Gasteiger partial charge in [0.25, 0.3) is 0 Å². The van der Waals surface area contributed by atoms with E-state index in [1.807, 2.05) is 24.3 Å². The highest BCUT2D eigenvalue weighted by Crippen LogP contribution is 2.27. The normalized spacial score (nSPS) is 17.1. The second-order valence-corrected chi connectivity index (χ2v) is 7.64. The predicted molar refractivity (Wildman–Crippen MR) is 113 cm³/mol. The number of aromatic nitrogens is 2. The summed E-state index contributed by atoms with van der Waals surface area (Å²) >= 11 is 0. The molecule has 0 bridgehead atoms. The third-order valence-electron chi connectivity index (χ3n) is 5.39. The van der Waals surface area contributed by atoms with Crippen LogP contribution in [0.15, 0.2) is 53.1 Å². The zero-order chi connectivity index (χ0) is 20.9. The van der Waals surface area contributed by atoms with E-state index in [1.165, 1.54) is 17.7 Å². The van der Waals surface area contributed by atoms with Gasteiger partial charge in [0.15, 0.2) is 0 Å². The van der Waals surface area contributed by atoms with Crippen molar-refractivity contribution < 1.29 is 13.7 Å². The maximum atomic E-state index is 13.5. The molecule has 0 radical (unpaired) electrons. The van der Waals surface area contributed by atoms with E-state index in [0.717, 1.165) is 31.5 Å². The van der Waals surface area contributed by atoms with Crippen molar-refractivity contribution in [3.63, 3.8) is 0 Å². The summed E-state index contributed by atoms with van der Waals surface area (Å²) in [6.07, 6.45) is 2.84. The molecule has 3 aromatic rings. The van der Waals surface area contributed by atoms with Crippen LogP contribution >= 0.6 is 0 Å². The molecule has 2 aromatic carbocycles. The van der Waals surface area contributed by atoms with E-state index in [9.17, 15) is 9.18 Å². The number of aryl methyl sites for hydroxylation is 1. The quantitative estimate of drug-likeness (QED) is 0.660. The lowest BCUT2D eigenvalue weighted by Gasteiger charge is -2.30. The molecule has 30 heavy (non-hydrogen) atoms. The number of halogens is 1. The summed E-state index contributed by atoms with van der Waals surface area (Å²) in [7, 11) is 0. The molecule has 1 saturated heterocycles. The first-order valence-electron chi connectivity index (χ1n) is 10.3. The molecule has 1 N–H and O–H groups in total. The molecule has 1 unspecified atom stereocenters. The number of carbonyl (C=O) groups is 1. The Hall–Kier alpha value is -3.06. The highest BCUT2D eigenvalue weighted by Gasteiger charge is 2.27. The number of piperidine rings is 1. The lowest BCUT2D eigenvalue weighted by Crippen LogP contribution is -2.39. The third-order valence-corrected chi connectivity index (χ3v) is 5.39. The molecule has 6 nitrogen and oxygen atoms in total. The molecule has 156 valence electrons. The van der Waals surface area contributed by atoms with E-state index < -0.39 is 0 Å². The van der Waals surface area contributed by atoms with Crippen molar-refractivity contribution in [3.05, 3.63) is 65.8 Å². The molecule has 0 aliphatic carbocycles. The van der Waals surface area contributed by atoms with E-state index in [2.05, 4.69) is 27.3 Å². The number of hydrogen-bond acceptors (Lipinski definition) is 5. The van der Waals surface area contributed by atoms with Gasteiger partial charge in [0, 0.05) is 17.8 Å².